The van der Waals surface area contributed by atoms with E-state index in [1.807, 2.05) is 4.98 Å². The van der Waals surface area contributed by atoms with Crippen molar-refractivity contribution < 1.29 is 43.7 Å². The van der Waals surface area contributed by atoms with Crippen molar-refractivity contribution in [1.29, 1.82) is 0 Å². The van der Waals surface area contributed by atoms with Gasteiger partial charge in [-0.2, -0.15) is 0 Å². The summed E-state index contributed by atoms with van der Waals surface area (Å²) in [4.78, 5) is 62.1. The van der Waals surface area contributed by atoms with Gasteiger partial charge in [-0.05, 0) is 6.92 Å². The first-order valence-electron chi connectivity index (χ1n) is 6.69. The van der Waals surface area contributed by atoms with Gasteiger partial charge in [0.15, 0.2) is 12.1 Å². The van der Waals surface area contributed by atoms with Crippen LogP contribution in [0.5, 0.6) is 0 Å². The predicted molar refractivity (Wildman–Crippen MR) is 79.9 cm³/mol. The number of aliphatic hydroxyl groups excluding tert-OH is 2. The van der Waals surface area contributed by atoms with Crippen LogP contribution in [0.3, 0.4) is 0 Å². The highest BCUT2D eigenvalue weighted by Crippen LogP contribution is 2.56. The van der Waals surface area contributed by atoms with Gasteiger partial charge in [0.05, 0.1) is 0 Å². The summed E-state index contributed by atoms with van der Waals surface area (Å²) >= 11 is 0. The van der Waals surface area contributed by atoms with E-state index < -0.39 is 56.4 Å². The van der Waals surface area contributed by atoms with Crippen LogP contribution >= 0.6 is 15.2 Å². The molecule has 2 rings (SSSR count). The van der Waals surface area contributed by atoms with Crippen LogP contribution < -0.4 is 11.2 Å². The summed E-state index contributed by atoms with van der Waals surface area (Å²) in [5.41, 5.74) is -4.03. The Morgan fingerprint density at radius 2 is 1.80 bits per heavy atom. The second-order valence-corrected chi connectivity index (χ2v) is 9.02. The van der Waals surface area contributed by atoms with Gasteiger partial charge in [-0.15, -0.1) is 0 Å². The maximum atomic E-state index is 11.9. The first-order valence-corrected chi connectivity index (χ1v) is 10.1. The lowest BCUT2D eigenvalue weighted by Crippen LogP contribution is -2.39. The van der Waals surface area contributed by atoms with Crippen molar-refractivity contribution in [1.82, 2.24) is 9.55 Å². The number of H-pyrrole nitrogens is 1. The number of nitrogens with zero attached hydrogens (tertiary/aromatic N) is 1. The first-order chi connectivity index (χ1) is 11.2. The molecule has 2 heterocycles. The Morgan fingerprint density at radius 1 is 1.24 bits per heavy atom. The number of ether oxygens (including phenoxy) is 1. The zero-order valence-corrected chi connectivity index (χ0v) is 14.3. The van der Waals surface area contributed by atoms with Gasteiger partial charge in [0, 0.05) is 11.8 Å². The Balaban J connectivity index is 2.58. The molecular weight excluding hydrogens is 386 g/mol. The molecule has 1 fully saturated rings. The maximum absolute atomic E-state index is 11.9. The molecule has 0 saturated carbocycles. The largest absolute Gasteiger partial charge is 0.389 e. The second-order valence-electron chi connectivity index (χ2n) is 5.54. The van der Waals surface area contributed by atoms with E-state index >= 15 is 0 Å². The predicted octanol–water partition coefficient (Wildman–Crippen LogP) is -2.85. The van der Waals surface area contributed by atoms with Crippen molar-refractivity contribution in [2.24, 2.45) is 0 Å². The molecule has 0 spiro atoms. The fraction of sp³-hybridized carbons (Fsp3) is 0.600. The van der Waals surface area contributed by atoms with Crippen molar-refractivity contribution >= 4 is 15.2 Å². The van der Waals surface area contributed by atoms with Crippen LogP contribution in [0.2, 0.25) is 0 Å². The standard InChI is InChI=1S/C10H16N2O11P2/c1-3-2-12(10(16)11-7(3)14)8-6(24(17,18)19)4(13)5(23-8)9(15)25(20,21)22/h2,4-6,8-9,13,15H,1H3,(H,11,14,16)(H2,17,18,19)(H2,20,21,22)/t4-,5+,6?,8-,9?/m1/s1. The average Bonchev–Trinajstić information content (AvgIpc) is 2.78. The number of aromatic amines is 1. The van der Waals surface area contributed by atoms with Gasteiger partial charge < -0.3 is 34.5 Å². The molecule has 25 heavy (non-hydrogen) atoms. The fourth-order valence-electron chi connectivity index (χ4n) is 2.49. The number of hydrogen-bond donors (Lipinski definition) is 7. The summed E-state index contributed by atoms with van der Waals surface area (Å²) in [6.07, 6.45) is -5.26. The summed E-state index contributed by atoms with van der Waals surface area (Å²) < 4.78 is 28.5. The number of aliphatic hydroxyl groups is 2. The molecule has 1 aliphatic heterocycles. The van der Waals surface area contributed by atoms with Gasteiger partial charge in [-0.3, -0.25) is 23.5 Å². The van der Waals surface area contributed by atoms with Crippen molar-refractivity contribution in [2.45, 2.75) is 36.9 Å². The molecule has 0 aromatic carbocycles. The number of nitrogens with one attached hydrogen (secondary N) is 1. The third-order valence-corrected chi connectivity index (χ3v) is 6.04. The molecule has 5 atom stereocenters. The average molecular weight is 402 g/mol. The summed E-state index contributed by atoms with van der Waals surface area (Å²) in [7, 11) is -10.4. The van der Waals surface area contributed by atoms with Gasteiger partial charge in [0.2, 0.25) is 0 Å². The summed E-state index contributed by atoms with van der Waals surface area (Å²) in [6.45, 7) is 1.29. The molecule has 1 aliphatic rings. The third kappa shape index (κ3) is 3.85. The molecule has 2 unspecified atom stereocenters. The highest BCUT2D eigenvalue weighted by Gasteiger charge is 2.58. The summed E-state index contributed by atoms with van der Waals surface area (Å²) in [6, 6.07) is 0. The molecule has 1 saturated heterocycles. The SMILES string of the molecule is Cc1cn([C@@H]2O[C@H](C(O)P(=O)(O)O)[C@@H](O)C2P(=O)(O)O)c(=O)[nH]c1=O. The van der Waals surface area contributed by atoms with Crippen molar-refractivity contribution in [3.05, 3.63) is 32.6 Å². The Kier molecular flexibility index (Phi) is 5.28. The topological polar surface area (TPSA) is 220 Å². The molecule has 0 radical (unpaired) electrons. The van der Waals surface area contributed by atoms with Gasteiger partial charge in [-0.1, -0.05) is 0 Å². The Bertz CT molecular complexity index is 866. The lowest BCUT2D eigenvalue weighted by atomic mass is 10.2. The van der Waals surface area contributed by atoms with Gasteiger partial charge >= 0.3 is 20.9 Å². The van der Waals surface area contributed by atoms with Gasteiger partial charge in [0.1, 0.15) is 17.9 Å². The normalized spacial score (nSPS) is 28.9. The van der Waals surface area contributed by atoms with E-state index in [1.54, 1.807) is 0 Å². The zero-order valence-electron chi connectivity index (χ0n) is 12.5. The lowest BCUT2D eigenvalue weighted by Gasteiger charge is -2.23. The molecule has 15 heteroatoms. The van der Waals surface area contributed by atoms with E-state index in [1.165, 1.54) is 6.92 Å². The molecule has 1 aromatic rings. The Hall–Kier alpha value is -1.14. The minimum absolute atomic E-state index is 0.0267. The highest BCUT2D eigenvalue weighted by molar-refractivity contribution is 7.53. The zero-order chi connectivity index (χ0) is 19.3. The Labute approximate surface area is 138 Å². The van der Waals surface area contributed by atoms with Crippen molar-refractivity contribution in [3.8, 4) is 0 Å². The van der Waals surface area contributed by atoms with E-state index in [0.29, 0.717) is 4.57 Å². The van der Waals surface area contributed by atoms with E-state index in [-0.39, 0.29) is 5.56 Å². The summed E-state index contributed by atoms with van der Waals surface area (Å²) in [5, 5.41) is 19.7. The van der Waals surface area contributed by atoms with Crippen LogP contribution in [-0.4, -0.2) is 63.0 Å². The number of hydrogen-bond acceptors (Lipinski definition) is 7. The number of rotatable bonds is 4. The van der Waals surface area contributed by atoms with Crippen LogP contribution in [0.25, 0.3) is 0 Å². The maximum Gasteiger partial charge on any atom is 0.356 e. The van der Waals surface area contributed by atoms with Gasteiger partial charge in [0.25, 0.3) is 5.56 Å². The second kappa shape index (κ2) is 6.54. The van der Waals surface area contributed by atoms with Crippen LogP contribution in [0.1, 0.15) is 11.8 Å². The number of aryl methyl sites for hydroxylation is 1. The third-order valence-electron chi connectivity index (χ3n) is 3.72. The van der Waals surface area contributed by atoms with E-state index in [9.17, 15) is 38.7 Å². The summed E-state index contributed by atoms with van der Waals surface area (Å²) in [5.74, 6) is -2.58. The van der Waals surface area contributed by atoms with E-state index in [2.05, 4.69) is 0 Å². The minimum atomic E-state index is -5.20. The lowest BCUT2D eigenvalue weighted by molar-refractivity contribution is -0.0645. The van der Waals surface area contributed by atoms with Crippen LogP contribution in [-0.2, 0) is 13.9 Å². The van der Waals surface area contributed by atoms with Gasteiger partial charge in [-0.25, -0.2) is 4.79 Å². The smallest absolute Gasteiger partial charge is 0.356 e. The van der Waals surface area contributed by atoms with Crippen LogP contribution in [0.15, 0.2) is 15.8 Å². The van der Waals surface area contributed by atoms with E-state index in [4.69, 9.17) is 14.5 Å². The monoisotopic (exact) mass is 402 g/mol. The molecular formula is C10H16N2O11P2. The molecule has 13 nitrogen and oxygen atoms in total. The fourth-order valence-corrected chi connectivity index (χ4v) is 4.24. The molecule has 0 aliphatic carbocycles. The van der Waals surface area contributed by atoms with Crippen LogP contribution in [0, 0.1) is 6.92 Å². The molecule has 142 valence electrons. The molecule has 0 bridgehead atoms. The minimum Gasteiger partial charge on any atom is -0.389 e. The molecule has 0 amide bonds. The van der Waals surface area contributed by atoms with Crippen molar-refractivity contribution in [2.75, 3.05) is 0 Å². The Morgan fingerprint density at radius 3 is 2.28 bits per heavy atom. The quantitative estimate of drug-likeness (QED) is 0.254. The highest BCUT2D eigenvalue weighted by atomic mass is 31.2. The molecule has 1 aromatic heterocycles. The first kappa shape index (κ1) is 20.2. The number of aromatic nitrogens is 2. The van der Waals surface area contributed by atoms with E-state index in [0.717, 1.165) is 6.20 Å². The molecule has 7 N–H and O–H groups in total. The van der Waals surface area contributed by atoms with Crippen molar-refractivity contribution in [3.63, 3.8) is 0 Å². The van der Waals surface area contributed by atoms with Crippen LogP contribution in [0.4, 0.5) is 0 Å².